The molecule has 1 amide bonds. The largest absolute Gasteiger partial charge is 0.398 e. The van der Waals surface area contributed by atoms with Crippen LogP contribution < -0.4 is 11.1 Å². The summed E-state index contributed by atoms with van der Waals surface area (Å²) in [6.07, 6.45) is 3.33. The van der Waals surface area contributed by atoms with Crippen LogP contribution in [0.4, 0.5) is 11.4 Å². The van der Waals surface area contributed by atoms with E-state index in [9.17, 15) is 14.9 Å². The molecule has 21 heavy (non-hydrogen) atoms. The van der Waals surface area contributed by atoms with Crippen LogP contribution in [0.25, 0.3) is 0 Å². The number of carbonyl (C=O) groups excluding carboxylic acids is 1. The van der Waals surface area contributed by atoms with E-state index in [0.717, 1.165) is 11.1 Å². The Morgan fingerprint density at radius 3 is 2.86 bits per heavy atom. The van der Waals surface area contributed by atoms with Gasteiger partial charge in [-0.3, -0.25) is 19.9 Å². The molecule has 3 N–H and O–H groups in total. The molecule has 0 aliphatic heterocycles. The molecule has 0 spiro atoms. The van der Waals surface area contributed by atoms with E-state index in [0.29, 0.717) is 6.54 Å². The molecule has 1 aromatic heterocycles. The van der Waals surface area contributed by atoms with Gasteiger partial charge in [0.15, 0.2) is 0 Å². The Morgan fingerprint density at radius 1 is 1.43 bits per heavy atom. The number of aromatic nitrogens is 1. The topological polar surface area (TPSA) is 111 Å². The standard InChI is InChI=1S/C14H14N4O3/c1-9-7-16-5-4-10(9)8-17-14(19)12-6-11(18(20)21)2-3-13(12)15/h2-7H,8,15H2,1H3,(H,17,19). The molecule has 0 atom stereocenters. The van der Waals surface area contributed by atoms with E-state index in [1.807, 2.05) is 6.92 Å². The summed E-state index contributed by atoms with van der Waals surface area (Å²) in [5.74, 6) is -0.451. The molecule has 0 saturated carbocycles. The first-order valence-electron chi connectivity index (χ1n) is 6.20. The number of pyridine rings is 1. The van der Waals surface area contributed by atoms with Gasteiger partial charge >= 0.3 is 0 Å². The molecule has 0 aliphatic rings. The quantitative estimate of drug-likeness (QED) is 0.506. The Bertz CT molecular complexity index is 700. The van der Waals surface area contributed by atoms with Gasteiger partial charge in [-0.15, -0.1) is 0 Å². The maximum atomic E-state index is 12.1. The van der Waals surface area contributed by atoms with E-state index in [4.69, 9.17) is 5.73 Å². The molecule has 108 valence electrons. The molecular weight excluding hydrogens is 272 g/mol. The molecular formula is C14H14N4O3. The molecule has 0 radical (unpaired) electrons. The number of anilines is 1. The van der Waals surface area contributed by atoms with E-state index < -0.39 is 10.8 Å². The molecule has 7 heteroatoms. The molecule has 1 aromatic carbocycles. The van der Waals surface area contributed by atoms with Gasteiger partial charge in [0.1, 0.15) is 0 Å². The molecule has 2 aromatic rings. The number of hydrogen-bond donors (Lipinski definition) is 2. The van der Waals surface area contributed by atoms with Gasteiger partial charge in [-0.05, 0) is 30.2 Å². The van der Waals surface area contributed by atoms with Crippen molar-refractivity contribution in [3.63, 3.8) is 0 Å². The number of hydrogen-bond acceptors (Lipinski definition) is 5. The van der Waals surface area contributed by atoms with Crippen molar-refractivity contribution >= 4 is 17.3 Å². The fourth-order valence-electron chi connectivity index (χ4n) is 1.83. The first-order chi connectivity index (χ1) is 9.99. The normalized spacial score (nSPS) is 10.1. The van der Waals surface area contributed by atoms with Crippen molar-refractivity contribution in [2.24, 2.45) is 0 Å². The van der Waals surface area contributed by atoms with Crippen molar-refractivity contribution in [2.75, 3.05) is 5.73 Å². The van der Waals surface area contributed by atoms with Gasteiger partial charge in [0.05, 0.1) is 10.5 Å². The fourth-order valence-corrected chi connectivity index (χ4v) is 1.83. The number of aryl methyl sites for hydroxylation is 1. The summed E-state index contributed by atoms with van der Waals surface area (Å²) in [4.78, 5) is 26.2. The molecule has 0 aliphatic carbocycles. The van der Waals surface area contributed by atoms with Crippen molar-refractivity contribution in [1.29, 1.82) is 0 Å². The monoisotopic (exact) mass is 286 g/mol. The lowest BCUT2D eigenvalue weighted by Gasteiger charge is -2.09. The van der Waals surface area contributed by atoms with Gasteiger partial charge in [-0.1, -0.05) is 0 Å². The average Bonchev–Trinajstić information content (AvgIpc) is 2.46. The number of amides is 1. The van der Waals surface area contributed by atoms with Crippen LogP contribution in [0.1, 0.15) is 21.5 Å². The third-order valence-electron chi connectivity index (χ3n) is 3.07. The molecule has 0 bridgehead atoms. The highest BCUT2D eigenvalue weighted by molar-refractivity contribution is 5.99. The number of nitrogens with two attached hydrogens (primary N) is 1. The summed E-state index contributed by atoms with van der Waals surface area (Å²) < 4.78 is 0. The highest BCUT2D eigenvalue weighted by Crippen LogP contribution is 2.19. The Labute approximate surface area is 121 Å². The second-order valence-electron chi connectivity index (χ2n) is 4.51. The molecule has 0 saturated heterocycles. The minimum Gasteiger partial charge on any atom is -0.398 e. The highest BCUT2D eigenvalue weighted by atomic mass is 16.6. The minimum atomic E-state index is -0.566. The van der Waals surface area contributed by atoms with Crippen LogP contribution in [0.2, 0.25) is 0 Å². The lowest BCUT2D eigenvalue weighted by atomic mass is 10.1. The van der Waals surface area contributed by atoms with E-state index in [-0.39, 0.29) is 16.9 Å². The van der Waals surface area contributed by atoms with E-state index in [1.54, 1.807) is 18.5 Å². The summed E-state index contributed by atoms with van der Waals surface area (Å²) >= 11 is 0. The second kappa shape index (κ2) is 6.00. The smallest absolute Gasteiger partial charge is 0.270 e. The Morgan fingerprint density at radius 2 is 2.19 bits per heavy atom. The van der Waals surface area contributed by atoms with E-state index in [1.165, 1.54) is 18.2 Å². The maximum absolute atomic E-state index is 12.1. The van der Waals surface area contributed by atoms with Crippen LogP contribution in [-0.2, 0) is 6.54 Å². The molecule has 2 rings (SSSR count). The van der Waals surface area contributed by atoms with Gasteiger partial charge in [-0.2, -0.15) is 0 Å². The highest BCUT2D eigenvalue weighted by Gasteiger charge is 2.15. The van der Waals surface area contributed by atoms with Crippen LogP contribution in [-0.4, -0.2) is 15.8 Å². The number of nitrogen functional groups attached to an aromatic ring is 1. The van der Waals surface area contributed by atoms with Crippen molar-refractivity contribution in [3.8, 4) is 0 Å². The minimum absolute atomic E-state index is 0.0934. The predicted octanol–water partition coefficient (Wildman–Crippen LogP) is 1.81. The Kier molecular flexibility index (Phi) is 4.13. The lowest BCUT2D eigenvalue weighted by molar-refractivity contribution is -0.384. The molecule has 0 fully saturated rings. The fraction of sp³-hybridized carbons (Fsp3) is 0.143. The van der Waals surface area contributed by atoms with Crippen LogP contribution >= 0.6 is 0 Å². The molecule has 1 heterocycles. The third-order valence-corrected chi connectivity index (χ3v) is 3.07. The van der Waals surface area contributed by atoms with Gasteiger partial charge in [0.25, 0.3) is 11.6 Å². The van der Waals surface area contributed by atoms with Gasteiger partial charge in [0.2, 0.25) is 0 Å². The van der Waals surface area contributed by atoms with Crippen molar-refractivity contribution in [3.05, 3.63) is 63.5 Å². The summed E-state index contributed by atoms with van der Waals surface area (Å²) in [6.45, 7) is 2.19. The number of nitrogens with one attached hydrogen (secondary N) is 1. The third kappa shape index (κ3) is 3.33. The number of non-ortho nitro benzene ring substituents is 1. The lowest BCUT2D eigenvalue weighted by Crippen LogP contribution is -2.24. The zero-order valence-electron chi connectivity index (χ0n) is 11.4. The number of rotatable bonds is 4. The van der Waals surface area contributed by atoms with Gasteiger partial charge < -0.3 is 11.1 Å². The molecule has 7 nitrogen and oxygen atoms in total. The van der Waals surface area contributed by atoms with Crippen molar-refractivity contribution in [2.45, 2.75) is 13.5 Å². The van der Waals surface area contributed by atoms with Crippen LogP contribution in [0.5, 0.6) is 0 Å². The zero-order valence-corrected chi connectivity index (χ0v) is 11.4. The van der Waals surface area contributed by atoms with Crippen LogP contribution in [0.15, 0.2) is 36.7 Å². The summed E-state index contributed by atoms with van der Waals surface area (Å²) in [5, 5.41) is 13.4. The summed E-state index contributed by atoms with van der Waals surface area (Å²) in [7, 11) is 0. The number of benzene rings is 1. The van der Waals surface area contributed by atoms with Gasteiger partial charge in [0, 0.05) is 36.8 Å². The van der Waals surface area contributed by atoms with Crippen molar-refractivity contribution < 1.29 is 9.72 Å². The van der Waals surface area contributed by atoms with Crippen molar-refractivity contribution in [1.82, 2.24) is 10.3 Å². The first kappa shape index (κ1) is 14.4. The predicted molar refractivity (Wildman–Crippen MR) is 77.7 cm³/mol. The summed E-state index contributed by atoms with van der Waals surface area (Å²) in [5.41, 5.74) is 7.68. The maximum Gasteiger partial charge on any atom is 0.270 e. The first-order valence-corrected chi connectivity index (χ1v) is 6.20. The second-order valence-corrected chi connectivity index (χ2v) is 4.51. The zero-order chi connectivity index (χ0) is 15.4. The average molecular weight is 286 g/mol. The molecule has 0 unspecified atom stereocenters. The number of nitro benzene ring substituents is 1. The van der Waals surface area contributed by atoms with Crippen LogP contribution in [0, 0.1) is 17.0 Å². The van der Waals surface area contributed by atoms with E-state index >= 15 is 0 Å². The van der Waals surface area contributed by atoms with Crippen LogP contribution in [0.3, 0.4) is 0 Å². The van der Waals surface area contributed by atoms with Gasteiger partial charge in [-0.25, -0.2) is 0 Å². The van der Waals surface area contributed by atoms with E-state index in [2.05, 4.69) is 10.3 Å². The SMILES string of the molecule is Cc1cnccc1CNC(=O)c1cc([N+](=O)[O-])ccc1N. The number of nitro groups is 1. The Hall–Kier alpha value is -2.96. The Balaban J connectivity index is 2.15. The number of carbonyl (C=O) groups is 1. The number of nitrogens with zero attached hydrogens (tertiary/aromatic N) is 2. The summed E-state index contributed by atoms with van der Waals surface area (Å²) in [6, 6.07) is 5.58.